The molecule has 116 valence electrons. The number of benzene rings is 1. The maximum atomic E-state index is 11.1. The lowest BCUT2D eigenvalue weighted by atomic mass is 9.91. The van der Waals surface area contributed by atoms with E-state index in [-0.39, 0.29) is 5.91 Å². The van der Waals surface area contributed by atoms with Crippen LogP contribution < -0.4 is 10.6 Å². The van der Waals surface area contributed by atoms with Gasteiger partial charge in [-0.15, -0.1) is 0 Å². The Balaban J connectivity index is 1.99. The van der Waals surface area contributed by atoms with Crippen molar-refractivity contribution >= 4 is 17.3 Å². The molecular weight excluding hydrogens is 262 g/mol. The fraction of sp³-hybridized carbons (Fsp3) is 0.588. The van der Waals surface area contributed by atoms with Gasteiger partial charge in [0.05, 0.1) is 0 Å². The summed E-state index contributed by atoms with van der Waals surface area (Å²) in [5.41, 5.74) is 3.10. The van der Waals surface area contributed by atoms with Crippen molar-refractivity contribution < 1.29 is 4.79 Å². The van der Waals surface area contributed by atoms with Crippen molar-refractivity contribution in [3.05, 3.63) is 23.8 Å². The molecule has 2 unspecified atom stereocenters. The molecule has 0 radical (unpaired) electrons. The molecule has 0 aliphatic carbocycles. The SMILES string of the molecule is CC(=O)Nc1ccc(NC(C)C2CCCN(C)C2)cc1C. The van der Waals surface area contributed by atoms with Crippen LogP contribution >= 0.6 is 0 Å². The molecule has 0 bridgehead atoms. The van der Waals surface area contributed by atoms with Gasteiger partial charge >= 0.3 is 0 Å². The number of rotatable bonds is 4. The molecule has 1 aromatic carbocycles. The van der Waals surface area contributed by atoms with E-state index >= 15 is 0 Å². The maximum Gasteiger partial charge on any atom is 0.221 e. The van der Waals surface area contributed by atoms with Gasteiger partial charge < -0.3 is 15.5 Å². The molecule has 21 heavy (non-hydrogen) atoms. The third-order valence-corrected chi connectivity index (χ3v) is 4.30. The van der Waals surface area contributed by atoms with E-state index in [9.17, 15) is 4.79 Å². The highest BCUT2D eigenvalue weighted by atomic mass is 16.1. The largest absolute Gasteiger partial charge is 0.382 e. The van der Waals surface area contributed by atoms with Crippen LogP contribution in [0.2, 0.25) is 0 Å². The van der Waals surface area contributed by atoms with E-state index in [2.05, 4.69) is 35.6 Å². The van der Waals surface area contributed by atoms with Gasteiger partial charge in [-0.3, -0.25) is 4.79 Å². The van der Waals surface area contributed by atoms with Crippen LogP contribution in [0.5, 0.6) is 0 Å². The van der Waals surface area contributed by atoms with Gasteiger partial charge in [-0.05, 0) is 70.0 Å². The van der Waals surface area contributed by atoms with Crippen LogP contribution in [-0.4, -0.2) is 37.0 Å². The van der Waals surface area contributed by atoms with Crippen molar-refractivity contribution in [2.45, 2.75) is 39.7 Å². The summed E-state index contributed by atoms with van der Waals surface area (Å²) < 4.78 is 0. The van der Waals surface area contributed by atoms with Crippen molar-refractivity contribution in [3.8, 4) is 0 Å². The quantitative estimate of drug-likeness (QED) is 0.895. The van der Waals surface area contributed by atoms with E-state index in [1.54, 1.807) is 0 Å². The molecule has 1 aromatic rings. The number of piperidine rings is 1. The molecule has 1 amide bonds. The normalized spacial score (nSPS) is 20.9. The zero-order chi connectivity index (χ0) is 15.4. The van der Waals surface area contributed by atoms with Crippen LogP contribution in [0, 0.1) is 12.8 Å². The van der Waals surface area contributed by atoms with Crippen LogP contribution in [-0.2, 0) is 4.79 Å². The highest BCUT2D eigenvalue weighted by Gasteiger charge is 2.22. The summed E-state index contributed by atoms with van der Waals surface area (Å²) in [4.78, 5) is 13.5. The highest BCUT2D eigenvalue weighted by Crippen LogP contribution is 2.24. The number of nitrogens with one attached hydrogen (secondary N) is 2. The summed E-state index contributed by atoms with van der Waals surface area (Å²) >= 11 is 0. The van der Waals surface area contributed by atoms with Gasteiger partial charge in [0.2, 0.25) is 5.91 Å². The van der Waals surface area contributed by atoms with Crippen LogP contribution in [0.15, 0.2) is 18.2 Å². The van der Waals surface area contributed by atoms with E-state index in [0.717, 1.165) is 23.5 Å². The molecule has 2 rings (SSSR count). The molecule has 0 saturated carbocycles. The summed E-state index contributed by atoms with van der Waals surface area (Å²) in [5.74, 6) is 0.663. The van der Waals surface area contributed by atoms with E-state index in [0.29, 0.717) is 12.0 Å². The Morgan fingerprint density at radius 2 is 2.19 bits per heavy atom. The van der Waals surface area contributed by atoms with E-state index in [4.69, 9.17) is 0 Å². The molecule has 0 aromatic heterocycles. The molecule has 4 nitrogen and oxygen atoms in total. The number of aryl methyl sites for hydroxylation is 1. The third kappa shape index (κ3) is 4.46. The van der Waals surface area contributed by atoms with Crippen LogP contribution in [0.25, 0.3) is 0 Å². The topological polar surface area (TPSA) is 44.4 Å². The summed E-state index contributed by atoms with van der Waals surface area (Å²) in [5, 5.41) is 6.46. The highest BCUT2D eigenvalue weighted by molar-refractivity contribution is 5.89. The van der Waals surface area contributed by atoms with Crippen molar-refractivity contribution in [1.82, 2.24) is 4.90 Å². The first-order chi connectivity index (χ1) is 9.95. The van der Waals surface area contributed by atoms with Crippen LogP contribution in [0.1, 0.15) is 32.3 Å². The van der Waals surface area contributed by atoms with Crippen molar-refractivity contribution in [2.24, 2.45) is 5.92 Å². The number of anilines is 2. The first-order valence-electron chi connectivity index (χ1n) is 7.79. The lowest BCUT2D eigenvalue weighted by Crippen LogP contribution is -2.39. The molecular formula is C17H27N3O. The number of likely N-dealkylation sites (tertiary alicyclic amines) is 1. The fourth-order valence-electron chi connectivity index (χ4n) is 3.08. The second kappa shape index (κ2) is 6.94. The van der Waals surface area contributed by atoms with Gasteiger partial charge in [0.1, 0.15) is 0 Å². The van der Waals surface area contributed by atoms with Gasteiger partial charge in [0.15, 0.2) is 0 Å². The minimum atomic E-state index is -0.0302. The Kier molecular flexibility index (Phi) is 5.23. The Hall–Kier alpha value is -1.55. The monoisotopic (exact) mass is 289 g/mol. The van der Waals surface area contributed by atoms with Gasteiger partial charge in [-0.1, -0.05) is 0 Å². The average molecular weight is 289 g/mol. The number of hydrogen-bond donors (Lipinski definition) is 2. The molecule has 1 aliphatic rings. The first kappa shape index (κ1) is 15.8. The van der Waals surface area contributed by atoms with Crippen LogP contribution in [0.4, 0.5) is 11.4 Å². The average Bonchev–Trinajstić information content (AvgIpc) is 2.41. The number of amides is 1. The summed E-state index contributed by atoms with van der Waals surface area (Å²) in [6.07, 6.45) is 2.58. The molecule has 2 atom stereocenters. The second-order valence-corrected chi connectivity index (χ2v) is 6.31. The molecule has 4 heteroatoms. The van der Waals surface area contributed by atoms with Gasteiger partial charge in [0.25, 0.3) is 0 Å². The number of hydrogen-bond acceptors (Lipinski definition) is 3. The molecule has 1 fully saturated rings. The predicted octanol–water partition coefficient (Wildman–Crippen LogP) is 3.10. The summed E-state index contributed by atoms with van der Waals surface area (Å²) in [6, 6.07) is 6.58. The number of nitrogens with zero attached hydrogens (tertiary/aromatic N) is 1. The maximum absolute atomic E-state index is 11.1. The first-order valence-corrected chi connectivity index (χ1v) is 7.79. The van der Waals surface area contributed by atoms with Crippen molar-refractivity contribution in [1.29, 1.82) is 0 Å². The fourth-order valence-corrected chi connectivity index (χ4v) is 3.08. The minimum Gasteiger partial charge on any atom is -0.382 e. The van der Waals surface area contributed by atoms with E-state index in [1.165, 1.54) is 26.3 Å². The van der Waals surface area contributed by atoms with E-state index in [1.807, 2.05) is 19.1 Å². The van der Waals surface area contributed by atoms with Crippen molar-refractivity contribution in [3.63, 3.8) is 0 Å². The van der Waals surface area contributed by atoms with Gasteiger partial charge in [0, 0.05) is 30.9 Å². The molecule has 1 aliphatic heterocycles. The Morgan fingerprint density at radius 3 is 2.81 bits per heavy atom. The summed E-state index contributed by atoms with van der Waals surface area (Å²) in [6.45, 7) is 8.20. The zero-order valence-corrected chi connectivity index (χ0v) is 13.6. The molecule has 2 N–H and O–H groups in total. The predicted molar refractivity (Wildman–Crippen MR) is 88.8 cm³/mol. The molecule has 1 heterocycles. The lowest BCUT2D eigenvalue weighted by molar-refractivity contribution is -0.114. The molecule has 0 spiro atoms. The Morgan fingerprint density at radius 1 is 1.43 bits per heavy atom. The molecule has 1 saturated heterocycles. The number of carbonyl (C=O) groups excluding carboxylic acids is 1. The Labute approximate surface area is 127 Å². The third-order valence-electron chi connectivity index (χ3n) is 4.30. The summed E-state index contributed by atoms with van der Waals surface area (Å²) in [7, 11) is 2.20. The lowest BCUT2D eigenvalue weighted by Gasteiger charge is -2.34. The Bertz CT molecular complexity index is 501. The minimum absolute atomic E-state index is 0.0302. The van der Waals surface area contributed by atoms with Crippen LogP contribution in [0.3, 0.4) is 0 Å². The second-order valence-electron chi connectivity index (χ2n) is 6.31. The zero-order valence-electron chi connectivity index (χ0n) is 13.6. The standard InChI is InChI=1S/C17H27N3O/c1-12-10-16(7-8-17(12)19-14(3)21)18-13(2)15-6-5-9-20(4)11-15/h7-8,10,13,15,18H,5-6,9,11H2,1-4H3,(H,19,21). The van der Waals surface area contributed by atoms with Crippen molar-refractivity contribution in [2.75, 3.05) is 30.8 Å². The van der Waals surface area contributed by atoms with E-state index < -0.39 is 0 Å². The van der Waals surface area contributed by atoms with Gasteiger partial charge in [-0.2, -0.15) is 0 Å². The van der Waals surface area contributed by atoms with Gasteiger partial charge in [-0.25, -0.2) is 0 Å². The smallest absolute Gasteiger partial charge is 0.221 e. The number of carbonyl (C=O) groups is 1.